The molecule has 4 atom stereocenters. The van der Waals surface area contributed by atoms with Gasteiger partial charge in [0, 0.05) is 17.3 Å². The highest BCUT2D eigenvalue weighted by Gasteiger charge is 2.41. The zero-order valence-electron chi connectivity index (χ0n) is 24.8. The minimum absolute atomic E-state index is 0.150. The number of hydrogen-bond acceptors (Lipinski definition) is 7. The number of hydrogen-bond donors (Lipinski definition) is 2. The number of aliphatic hydroxyl groups excluding tert-OH is 1. The van der Waals surface area contributed by atoms with Crippen LogP contribution in [0.4, 0.5) is 0 Å². The Balaban J connectivity index is 1.24. The van der Waals surface area contributed by atoms with Gasteiger partial charge < -0.3 is 29.0 Å². The molecule has 0 amide bonds. The largest absolute Gasteiger partial charge is 0.394 e. The summed E-state index contributed by atoms with van der Waals surface area (Å²) in [7, 11) is -3.81. The third kappa shape index (κ3) is 7.36. The molecule has 0 bridgehead atoms. The molecule has 1 fully saturated rings. The fraction of sp³-hybridized carbons (Fsp3) is 0.278. The lowest BCUT2D eigenvalue weighted by molar-refractivity contribution is -0.291. The van der Waals surface area contributed by atoms with Crippen molar-refractivity contribution < 1.29 is 32.5 Å². The van der Waals surface area contributed by atoms with Gasteiger partial charge in [-0.2, -0.15) is 0 Å². The fourth-order valence-corrected chi connectivity index (χ4v) is 7.22. The highest BCUT2D eigenvalue weighted by atomic mass is 32.2. The molecule has 8 nitrogen and oxygen atoms in total. The van der Waals surface area contributed by atoms with E-state index >= 15 is 0 Å². The minimum Gasteiger partial charge on any atom is -0.394 e. The van der Waals surface area contributed by atoms with Crippen molar-refractivity contribution in [1.82, 2.24) is 4.98 Å². The van der Waals surface area contributed by atoms with Crippen LogP contribution in [0.5, 0.6) is 0 Å². The lowest BCUT2D eigenvalue weighted by Crippen LogP contribution is -2.52. The third-order valence-electron chi connectivity index (χ3n) is 7.98. The number of benzene rings is 4. The maximum atomic E-state index is 13.7. The van der Waals surface area contributed by atoms with Gasteiger partial charge in [-0.15, -0.1) is 0 Å². The zero-order valence-corrected chi connectivity index (χ0v) is 25.6. The Morgan fingerprint density at radius 3 is 2.02 bits per heavy atom. The number of sulfone groups is 1. The van der Waals surface area contributed by atoms with E-state index in [9.17, 15) is 13.5 Å². The number of nitrogens with one attached hydrogen (secondary N) is 1. The lowest BCUT2D eigenvalue weighted by Gasteiger charge is -2.40. The van der Waals surface area contributed by atoms with Gasteiger partial charge in [-0.3, -0.25) is 0 Å². The molecule has 0 radical (unpaired) electrons. The normalized spacial score (nSPS) is 20.4. The van der Waals surface area contributed by atoms with Crippen LogP contribution in [0.2, 0.25) is 0 Å². The molecule has 9 heteroatoms. The van der Waals surface area contributed by atoms with Gasteiger partial charge in [-0.1, -0.05) is 97.1 Å². The number of para-hydroxylation sites is 1. The second kappa shape index (κ2) is 14.5. The summed E-state index contributed by atoms with van der Waals surface area (Å²) < 4.78 is 52.7. The van der Waals surface area contributed by atoms with E-state index < -0.39 is 34.4 Å². The van der Waals surface area contributed by atoms with E-state index in [2.05, 4.69) is 4.98 Å². The van der Waals surface area contributed by atoms with E-state index in [4.69, 9.17) is 18.9 Å². The third-order valence-corrected chi connectivity index (χ3v) is 9.76. The Bertz CT molecular complexity index is 1760. The molecule has 2 N–H and O–H groups in total. The summed E-state index contributed by atoms with van der Waals surface area (Å²) >= 11 is 0. The van der Waals surface area contributed by atoms with Crippen LogP contribution in [0.15, 0.2) is 125 Å². The number of fused-ring (bicyclic) bond motifs is 1. The van der Waals surface area contributed by atoms with Crippen molar-refractivity contribution in [3.05, 3.63) is 132 Å². The molecular formula is C36H37NO7S. The zero-order chi connectivity index (χ0) is 31.1. The van der Waals surface area contributed by atoms with E-state index in [0.29, 0.717) is 31.6 Å². The Labute approximate surface area is 263 Å². The van der Waals surface area contributed by atoms with Crippen molar-refractivity contribution in [2.75, 3.05) is 13.2 Å². The molecule has 5 aromatic rings. The van der Waals surface area contributed by atoms with E-state index in [1.54, 1.807) is 30.3 Å². The molecule has 4 aromatic carbocycles. The van der Waals surface area contributed by atoms with E-state index in [1.807, 2.05) is 84.9 Å². The van der Waals surface area contributed by atoms with E-state index in [0.717, 1.165) is 22.0 Å². The van der Waals surface area contributed by atoms with Gasteiger partial charge >= 0.3 is 0 Å². The topological polar surface area (TPSA) is 107 Å². The predicted octanol–water partition coefficient (Wildman–Crippen LogP) is 5.84. The predicted molar refractivity (Wildman–Crippen MR) is 170 cm³/mol. The summed E-state index contributed by atoms with van der Waals surface area (Å²) in [5, 5.41) is 11.1. The molecule has 1 aliphatic heterocycles. The van der Waals surface area contributed by atoms with Crippen LogP contribution in [0.1, 0.15) is 23.1 Å². The van der Waals surface area contributed by atoms with Crippen LogP contribution in [-0.2, 0) is 48.4 Å². The number of aromatic nitrogens is 1. The molecule has 0 saturated carbocycles. The Kier molecular flexibility index (Phi) is 10.0. The van der Waals surface area contributed by atoms with Gasteiger partial charge in [0.25, 0.3) is 0 Å². The summed E-state index contributed by atoms with van der Waals surface area (Å²) in [5.41, 5.74) is 3.39. The molecule has 234 valence electrons. The number of H-pyrrole nitrogens is 1. The summed E-state index contributed by atoms with van der Waals surface area (Å²) in [4.78, 5) is 3.36. The second-order valence-electron chi connectivity index (χ2n) is 11.1. The molecule has 6 rings (SSSR count). The quantitative estimate of drug-likeness (QED) is 0.169. The maximum Gasteiger partial charge on any atom is 0.222 e. The Morgan fingerprint density at radius 1 is 0.756 bits per heavy atom. The summed E-state index contributed by atoms with van der Waals surface area (Å²) in [6, 6.07) is 35.6. The van der Waals surface area contributed by atoms with Gasteiger partial charge in [0.05, 0.1) is 43.5 Å². The summed E-state index contributed by atoms with van der Waals surface area (Å²) in [6.07, 6.45) is -1.62. The van der Waals surface area contributed by atoms with Crippen molar-refractivity contribution in [3.63, 3.8) is 0 Å². The smallest absolute Gasteiger partial charge is 0.222 e. The van der Waals surface area contributed by atoms with E-state index in [-0.39, 0.29) is 23.1 Å². The first-order valence-electron chi connectivity index (χ1n) is 15.1. The molecule has 45 heavy (non-hydrogen) atoms. The molecule has 2 heterocycles. The standard InChI is InChI=1S/C36H37NO7S/c38-23-28-22-33(42-24-26-12-4-1-5-13-26)34(43-25-27-14-6-2-7-15-27)36(44-28)41-21-20-31-30-18-10-11-19-32(30)37-35(31)45(39,40)29-16-8-3-9-17-29/h1-19,28,33-34,36-38H,20-25H2/t28-,33-,34+,36-/m0/s1. The highest BCUT2D eigenvalue weighted by Crippen LogP contribution is 2.32. The SMILES string of the molecule is O=S(=O)(c1ccccc1)c1[nH]c2ccccc2c1CCO[C@H]1O[C@H](CO)C[C@H](OCc2ccccc2)[C@H]1OCc1ccccc1. The monoisotopic (exact) mass is 627 g/mol. The number of aromatic amines is 1. The first kappa shape index (κ1) is 31.2. The molecular weight excluding hydrogens is 590 g/mol. The Hall–Kier alpha value is -3.83. The lowest BCUT2D eigenvalue weighted by atomic mass is 10.0. The number of ether oxygens (including phenoxy) is 4. The average molecular weight is 628 g/mol. The van der Waals surface area contributed by atoms with Crippen LogP contribution in [-0.4, -0.2) is 56.3 Å². The maximum absolute atomic E-state index is 13.7. The molecule has 1 aromatic heterocycles. The van der Waals surface area contributed by atoms with Gasteiger partial charge in [-0.25, -0.2) is 8.42 Å². The van der Waals surface area contributed by atoms with Crippen molar-refractivity contribution in [3.8, 4) is 0 Å². The highest BCUT2D eigenvalue weighted by molar-refractivity contribution is 7.91. The average Bonchev–Trinajstić information content (AvgIpc) is 3.47. The van der Waals surface area contributed by atoms with Crippen LogP contribution in [0.25, 0.3) is 10.9 Å². The first-order chi connectivity index (χ1) is 22.0. The summed E-state index contributed by atoms with van der Waals surface area (Å²) in [5.74, 6) is 0. The van der Waals surface area contributed by atoms with Gasteiger partial charge in [0.15, 0.2) is 6.29 Å². The van der Waals surface area contributed by atoms with Crippen LogP contribution >= 0.6 is 0 Å². The van der Waals surface area contributed by atoms with Gasteiger partial charge in [-0.05, 0) is 41.3 Å². The summed E-state index contributed by atoms with van der Waals surface area (Å²) in [6.45, 7) is 0.653. The fourth-order valence-electron chi connectivity index (χ4n) is 5.68. The molecule has 0 spiro atoms. The molecule has 0 aliphatic carbocycles. The molecule has 0 unspecified atom stereocenters. The number of rotatable bonds is 13. The molecule has 1 aliphatic rings. The van der Waals surface area contributed by atoms with Crippen LogP contribution < -0.4 is 0 Å². The van der Waals surface area contributed by atoms with Crippen molar-refractivity contribution in [1.29, 1.82) is 0 Å². The number of aliphatic hydroxyl groups is 1. The van der Waals surface area contributed by atoms with Gasteiger partial charge in [0.1, 0.15) is 11.1 Å². The van der Waals surface area contributed by atoms with Gasteiger partial charge in [0.2, 0.25) is 9.84 Å². The van der Waals surface area contributed by atoms with Crippen LogP contribution in [0.3, 0.4) is 0 Å². The second-order valence-corrected chi connectivity index (χ2v) is 12.9. The minimum atomic E-state index is -3.81. The van der Waals surface area contributed by atoms with Crippen LogP contribution in [0, 0.1) is 0 Å². The Morgan fingerprint density at radius 2 is 1.36 bits per heavy atom. The van der Waals surface area contributed by atoms with Crippen molar-refractivity contribution in [2.45, 2.75) is 60.6 Å². The van der Waals surface area contributed by atoms with Crippen molar-refractivity contribution >= 4 is 20.7 Å². The first-order valence-corrected chi connectivity index (χ1v) is 16.6. The molecule has 1 saturated heterocycles. The van der Waals surface area contributed by atoms with Crippen molar-refractivity contribution in [2.24, 2.45) is 0 Å². The van der Waals surface area contributed by atoms with E-state index in [1.165, 1.54) is 0 Å².